The van der Waals surface area contributed by atoms with Crippen LogP contribution in [0.5, 0.6) is 0 Å². The molecule has 2 aromatic carbocycles. The van der Waals surface area contributed by atoms with E-state index in [-0.39, 0.29) is 11.7 Å². The molecule has 3 rings (SSSR count). The average molecular weight is 342 g/mol. The molecule has 1 saturated carbocycles. The van der Waals surface area contributed by atoms with Crippen LogP contribution >= 0.6 is 11.6 Å². The predicted molar refractivity (Wildman–Crippen MR) is 96.7 cm³/mol. The van der Waals surface area contributed by atoms with E-state index in [9.17, 15) is 9.59 Å². The first-order valence-corrected chi connectivity index (χ1v) is 8.58. The van der Waals surface area contributed by atoms with Crippen LogP contribution in [-0.2, 0) is 10.2 Å². The highest BCUT2D eigenvalue weighted by atomic mass is 35.5. The number of halogens is 1. The van der Waals surface area contributed by atoms with E-state index in [1.165, 1.54) is 6.92 Å². The van der Waals surface area contributed by atoms with Crippen LogP contribution in [0.4, 0.5) is 5.69 Å². The first-order valence-electron chi connectivity index (χ1n) is 8.20. The van der Waals surface area contributed by atoms with Gasteiger partial charge in [-0.25, -0.2) is 0 Å². The molecule has 0 spiro atoms. The lowest BCUT2D eigenvalue weighted by atomic mass is 9.78. The Labute approximate surface area is 147 Å². The lowest BCUT2D eigenvalue weighted by molar-refractivity contribution is -0.121. The van der Waals surface area contributed by atoms with Crippen LogP contribution in [0, 0.1) is 0 Å². The summed E-state index contributed by atoms with van der Waals surface area (Å²) < 4.78 is 0. The molecule has 124 valence electrons. The molecule has 24 heavy (non-hydrogen) atoms. The van der Waals surface area contributed by atoms with Crippen molar-refractivity contribution in [2.75, 3.05) is 5.32 Å². The molecule has 2 aromatic rings. The van der Waals surface area contributed by atoms with Gasteiger partial charge in [0.1, 0.15) is 0 Å². The summed E-state index contributed by atoms with van der Waals surface area (Å²) in [5.74, 6) is -0.0256. The fourth-order valence-electron chi connectivity index (χ4n) is 3.46. The van der Waals surface area contributed by atoms with Crippen molar-refractivity contribution in [2.24, 2.45) is 0 Å². The van der Waals surface area contributed by atoms with Crippen molar-refractivity contribution >= 4 is 29.0 Å². The molecule has 0 aromatic heterocycles. The largest absolute Gasteiger partial charge is 0.325 e. The molecule has 1 amide bonds. The summed E-state index contributed by atoms with van der Waals surface area (Å²) >= 11 is 5.99. The van der Waals surface area contributed by atoms with E-state index >= 15 is 0 Å². The average Bonchev–Trinajstić information content (AvgIpc) is 3.07. The highest BCUT2D eigenvalue weighted by Gasteiger charge is 2.42. The molecule has 0 atom stereocenters. The maximum atomic E-state index is 13.1. The number of rotatable bonds is 4. The first kappa shape index (κ1) is 16.7. The van der Waals surface area contributed by atoms with E-state index in [1.54, 1.807) is 18.2 Å². The Balaban J connectivity index is 1.89. The number of hydrogen-bond donors (Lipinski definition) is 1. The van der Waals surface area contributed by atoms with Gasteiger partial charge in [-0.1, -0.05) is 48.7 Å². The Kier molecular flexibility index (Phi) is 4.72. The zero-order valence-corrected chi connectivity index (χ0v) is 14.4. The van der Waals surface area contributed by atoms with Crippen molar-refractivity contribution in [3.8, 4) is 0 Å². The number of carbonyl (C=O) groups is 2. The molecule has 0 aliphatic heterocycles. The van der Waals surface area contributed by atoms with E-state index in [0.717, 1.165) is 31.2 Å². The maximum Gasteiger partial charge on any atom is 0.235 e. The Bertz CT molecular complexity index is 761. The van der Waals surface area contributed by atoms with Crippen LogP contribution in [0.25, 0.3) is 0 Å². The monoisotopic (exact) mass is 341 g/mol. The SMILES string of the molecule is CC(=O)c1cccc(NC(=O)C2(c3ccc(Cl)cc3)CCCC2)c1. The highest BCUT2D eigenvalue weighted by Crippen LogP contribution is 2.42. The van der Waals surface area contributed by atoms with Gasteiger partial charge in [0.25, 0.3) is 0 Å². The summed E-state index contributed by atoms with van der Waals surface area (Å²) in [6.07, 6.45) is 3.72. The van der Waals surface area contributed by atoms with E-state index in [4.69, 9.17) is 11.6 Å². The van der Waals surface area contributed by atoms with Gasteiger partial charge in [-0.05, 0) is 49.6 Å². The van der Waals surface area contributed by atoms with Crippen molar-refractivity contribution in [3.63, 3.8) is 0 Å². The lowest BCUT2D eigenvalue weighted by Gasteiger charge is -2.28. The summed E-state index contributed by atoms with van der Waals surface area (Å²) in [5, 5.41) is 3.68. The zero-order valence-electron chi connectivity index (χ0n) is 13.6. The van der Waals surface area contributed by atoms with Gasteiger partial charge in [-0.3, -0.25) is 9.59 Å². The third kappa shape index (κ3) is 3.22. The number of benzene rings is 2. The second-order valence-electron chi connectivity index (χ2n) is 6.39. The predicted octanol–water partition coefficient (Wildman–Crippen LogP) is 4.99. The number of amides is 1. The molecule has 0 radical (unpaired) electrons. The molecule has 1 aliphatic carbocycles. The number of ketones is 1. The van der Waals surface area contributed by atoms with Gasteiger partial charge in [-0.15, -0.1) is 0 Å². The summed E-state index contributed by atoms with van der Waals surface area (Å²) in [7, 11) is 0. The molecular formula is C20H20ClNO2. The summed E-state index contributed by atoms with van der Waals surface area (Å²) in [4.78, 5) is 24.6. The van der Waals surface area contributed by atoms with Gasteiger partial charge in [0.15, 0.2) is 5.78 Å². The second-order valence-corrected chi connectivity index (χ2v) is 6.82. The molecule has 1 fully saturated rings. The van der Waals surface area contributed by atoms with Gasteiger partial charge < -0.3 is 5.32 Å². The molecule has 0 saturated heterocycles. The topological polar surface area (TPSA) is 46.2 Å². The lowest BCUT2D eigenvalue weighted by Crippen LogP contribution is -2.38. The van der Waals surface area contributed by atoms with Crippen LogP contribution in [0.1, 0.15) is 48.5 Å². The molecule has 1 N–H and O–H groups in total. The van der Waals surface area contributed by atoms with Crippen LogP contribution in [-0.4, -0.2) is 11.7 Å². The van der Waals surface area contributed by atoms with Gasteiger partial charge in [-0.2, -0.15) is 0 Å². The Morgan fingerprint density at radius 1 is 1.04 bits per heavy atom. The smallest absolute Gasteiger partial charge is 0.235 e. The van der Waals surface area contributed by atoms with Gasteiger partial charge >= 0.3 is 0 Å². The number of hydrogen-bond acceptors (Lipinski definition) is 2. The standard InChI is InChI=1S/C20H20ClNO2/c1-14(23)15-5-4-6-18(13-15)22-19(24)20(11-2-3-12-20)16-7-9-17(21)10-8-16/h4-10,13H,2-3,11-12H2,1H3,(H,22,24). The normalized spacial score (nSPS) is 15.9. The fraction of sp³-hybridized carbons (Fsp3) is 0.300. The Morgan fingerprint density at radius 3 is 2.33 bits per heavy atom. The molecule has 3 nitrogen and oxygen atoms in total. The zero-order chi connectivity index (χ0) is 17.2. The Hall–Kier alpha value is -2.13. The maximum absolute atomic E-state index is 13.1. The van der Waals surface area contributed by atoms with Crippen LogP contribution in [0.15, 0.2) is 48.5 Å². The second kappa shape index (κ2) is 6.78. The minimum absolute atomic E-state index is 0.0111. The summed E-state index contributed by atoms with van der Waals surface area (Å²) in [6, 6.07) is 14.6. The Morgan fingerprint density at radius 2 is 1.71 bits per heavy atom. The molecular weight excluding hydrogens is 322 g/mol. The highest BCUT2D eigenvalue weighted by molar-refractivity contribution is 6.30. The van der Waals surface area contributed by atoms with E-state index < -0.39 is 5.41 Å². The third-order valence-electron chi connectivity index (χ3n) is 4.82. The van der Waals surface area contributed by atoms with Crippen molar-refractivity contribution in [1.29, 1.82) is 0 Å². The third-order valence-corrected chi connectivity index (χ3v) is 5.07. The summed E-state index contributed by atoms with van der Waals surface area (Å²) in [6.45, 7) is 1.52. The number of carbonyl (C=O) groups excluding carboxylic acids is 2. The minimum atomic E-state index is -0.517. The molecule has 1 aliphatic rings. The van der Waals surface area contributed by atoms with E-state index in [2.05, 4.69) is 5.32 Å². The minimum Gasteiger partial charge on any atom is -0.325 e. The van der Waals surface area contributed by atoms with Gasteiger partial charge in [0.05, 0.1) is 5.41 Å². The van der Waals surface area contributed by atoms with Crippen LogP contribution < -0.4 is 5.32 Å². The van der Waals surface area contributed by atoms with Crippen molar-refractivity contribution in [2.45, 2.75) is 38.0 Å². The van der Waals surface area contributed by atoms with Crippen LogP contribution in [0.3, 0.4) is 0 Å². The van der Waals surface area contributed by atoms with Gasteiger partial charge in [0.2, 0.25) is 5.91 Å². The van der Waals surface area contributed by atoms with Gasteiger partial charge in [0, 0.05) is 16.3 Å². The molecule has 0 heterocycles. The van der Waals surface area contributed by atoms with Crippen molar-refractivity contribution in [3.05, 3.63) is 64.7 Å². The van der Waals surface area contributed by atoms with Crippen molar-refractivity contribution in [1.82, 2.24) is 0 Å². The van der Waals surface area contributed by atoms with E-state index in [1.807, 2.05) is 30.3 Å². The number of nitrogens with one attached hydrogen (secondary N) is 1. The quantitative estimate of drug-likeness (QED) is 0.796. The van der Waals surface area contributed by atoms with Crippen molar-refractivity contribution < 1.29 is 9.59 Å². The summed E-state index contributed by atoms with van der Waals surface area (Å²) in [5.41, 5.74) is 1.74. The van der Waals surface area contributed by atoms with Crippen LogP contribution in [0.2, 0.25) is 5.02 Å². The molecule has 0 unspecified atom stereocenters. The molecule has 4 heteroatoms. The van der Waals surface area contributed by atoms with E-state index in [0.29, 0.717) is 16.3 Å². The number of anilines is 1. The number of Topliss-reactive ketones (excluding diaryl/α,β-unsaturated/α-hetero) is 1. The first-order chi connectivity index (χ1) is 11.5. The fourth-order valence-corrected chi connectivity index (χ4v) is 3.59. The molecule has 0 bridgehead atoms.